The standard InChI is InChI=1S/C14H19ClN6/c1-9(15)13-16-12-10(2)17-20(4)14(12)21(13)8-6-11-5-7-19(3)18-11/h5,7,9H,6,8H2,1-4H3. The average Bonchev–Trinajstić information content (AvgIpc) is 3.05. The largest absolute Gasteiger partial charge is 0.311 e. The second-order valence-electron chi connectivity index (χ2n) is 5.35. The van der Waals surface area contributed by atoms with Gasteiger partial charge in [-0.1, -0.05) is 0 Å². The Morgan fingerprint density at radius 3 is 2.67 bits per heavy atom. The molecular weight excluding hydrogens is 288 g/mol. The Balaban J connectivity index is 2.00. The van der Waals surface area contributed by atoms with E-state index in [0.717, 1.165) is 41.3 Å². The van der Waals surface area contributed by atoms with Gasteiger partial charge in [0.15, 0.2) is 5.65 Å². The smallest absolute Gasteiger partial charge is 0.158 e. The number of aromatic nitrogens is 6. The van der Waals surface area contributed by atoms with Gasteiger partial charge in [0.05, 0.1) is 16.8 Å². The average molecular weight is 307 g/mol. The highest BCUT2D eigenvalue weighted by atomic mass is 35.5. The highest BCUT2D eigenvalue weighted by Crippen LogP contribution is 2.26. The van der Waals surface area contributed by atoms with Gasteiger partial charge in [0.1, 0.15) is 11.3 Å². The van der Waals surface area contributed by atoms with Crippen molar-refractivity contribution in [1.82, 2.24) is 29.1 Å². The molecule has 0 aliphatic heterocycles. The highest BCUT2D eigenvalue weighted by Gasteiger charge is 2.20. The molecule has 0 fully saturated rings. The summed E-state index contributed by atoms with van der Waals surface area (Å²) < 4.78 is 5.85. The van der Waals surface area contributed by atoms with E-state index in [2.05, 4.69) is 19.7 Å². The van der Waals surface area contributed by atoms with Crippen molar-refractivity contribution in [2.24, 2.45) is 14.1 Å². The maximum absolute atomic E-state index is 6.29. The number of aryl methyl sites for hydroxylation is 5. The molecule has 0 aliphatic rings. The molecule has 3 heterocycles. The molecule has 0 bridgehead atoms. The zero-order valence-electron chi connectivity index (χ0n) is 12.7. The van der Waals surface area contributed by atoms with Crippen LogP contribution in [-0.4, -0.2) is 29.1 Å². The van der Waals surface area contributed by atoms with Gasteiger partial charge in [0.25, 0.3) is 0 Å². The van der Waals surface area contributed by atoms with Gasteiger partial charge < -0.3 is 4.57 Å². The number of hydrogen-bond acceptors (Lipinski definition) is 3. The summed E-state index contributed by atoms with van der Waals surface area (Å²) in [6, 6.07) is 2.03. The van der Waals surface area contributed by atoms with Crippen LogP contribution in [0.5, 0.6) is 0 Å². The van der Waals surface area contributed by atoms with E-state index in [1.54, 1.807) is 0 Å². The molecule has 0 amide bonds. The molecule has 0 aliphatic carbocycles. The van der Waals surface area contributed by atoms with E-state index in [9.17, 15) is 0 Å². The summed E-state index contributed by atoms with van der Waals surface area (Å²) in [5, 5.41) is 8.72. The van der Waals surface area contributed by atoms with E-state index in [1.165, 1.54) is 0 Å². The van der Waals surface area contributed by atoms with Crippen molar-refractivity contribution >= 4 is 22.8 Å². The molecule has 21 heavy (non-hydrogen) atoms. The lowest BCUT2D eigenvalue weighted by molar-refractivity contribution is 0.623. The first kappa shape index (κ1) is 14.1. The van der Waals surface area contributed by atoms with Crippen molar-refractivity contribution in [2.75, 3.05) is 0 Å². The van der Waals surface area contributed by atoms with Crippen molar-refractivity contribution in [1.29, 1.82) is 0 Å². The highest BCUT2D eigenvalue weighted by molar-refractivity contribution is 6.20. The van der Waals surface area contributed by atoms with Crippen molar-refractivity contribution in [3.05, 3.63) is 29.5 Å². The molecule has 3 aromatic rings. The molecule has 112 valence electrons. The van der Waals surface area contributed by atoms with Crippen LogP contribution in [0.25, 0.3) is 11.2 Å². The lowest BCUT2D eigenvalue weighted by Gasteiger charge is -2.10. The molecule has 7 heteroatoms. The van der Waals surface area contributed by atoms with Crippen LogP contribution in [0.3, 0.4) is 0 Å². The third-order valence-electron chi connectivity index (χ3n) is 3.64. The van der Waals surface area contributed by atoms with Crippen LogP contribution in [0.2, 0.25) is 0 Å². The first-order chi connectivity index (χ1) is 9.97. The Morgan fingerprint density at radius 2 is 2.05 bits per heavy atom. The van der Waals surface area contributed by atoms with E-state index in [1.807, 2.05) is 49.6 Å². The summed E-state index contributed by atoms with van der Waals surface area (Å²) >= 11 is 6.29. The fraction of sp³-hybridized carbons (Fsp3) is 0.500. The summed E-state index contributed by atoms with van der Waals surface area (Å²) in [6.07, 6.45) is 2.80. The molecule has 0 saturated heterocycles. The molecule has 0 N–H and O–H groups in total. The van der Waals surface area contributed by atoms with Crippen LogP contribution >= 0.6 is 11.6 Å². The molecule has 1 atom stereocenters. The summed E-state index contributed by atoms with van der Waals surface area (Å²) in [7, 11) is 3.87. The number of imidazole rings is 1. The lowest BCUT2D eigenvalue weighted by atomic mass is 10.3. The second-order valence-corrected chi connectivity index (χ2v) is 6.00. The van der Waals surface area contributed by atoms with Gasteiger partial charge in [-0.05, 0) is 19.9 Å². The van der Waals surface area contributed by atoms with E-state index in [4.69, 9.17) is 11.6 Å². The van der Waals surface area contributed by atoms with Gasteiger partial charge in [0, 0.05) is 33.3 Å². The fourth-order valence-electron chi connectivity index (χ4n) is 2.70. The Hall–Kier alpha value is -1.82. The van der Waals surface area contributed by atoms with Crippen LogP contribution < -0.4 is 0 Å². The van der Waals surface area contributed by atoms with Gasteiger partial charge in [0.2, 0.25) is 0 Å². The summed E-state index contributed by atoms with van der Waals surface area (Å²) in [5.74, 6) is 0.888. The molecule has 1 unspecified atom stereocenters. The Labute approximate surface area is 128 Å². The SMILES string of the molecule is Cc1nn(C)c2c1nc(C(C)Cl)n2CCc1ccn(C)n1. The predicted octanol–water partition coefficient (Wildman–Crippen LogP) is 2.35. The van der Waals surface area contributed by atoms with Gasteiger partial charge in [-0.2, -0.15) is 10.2 Å². The van der Waals surface area contributed by atoms with Crippen LogP contribution in [0, 0.1) is 6.92 Å². The lowest BCUT2D eigenvalue weighted by Crippen LogP contribution is -2.10. The zero-order chi connectivity index (χ0) is 15.1. The minimum atomic E-state index is -0.138. The summed E-state index contributed by atoms with van der Waals surface area (Å²) in [4.78, 5) is 4.67. The number of fused-ring (bicyclic) bond motifs is 1. The maximum Gasteiger partial charge on any atom is 0.158 e. The molecule has 0 saturated carbocycles. The molecule has 0 spiro atoms. The topological polar surface area (TPSA) is 53.5 Å². The monoisotopic (exact) mass is 306 g/mol. The minimum Gasteiger partial charge on any atom is -0.311 e. The third-order valence-corrected chi connectivity index (χ3v) is 3.83. The van der Waals surface area contributed by atoms with E-state index >= 15 is 0 Å². The third kappa shape index (κ3) is 2.44. The summed E-state index contributed by atoms with van der Waals surface area (Å²) in [6.45, 7) is 4.71. The molecule has 0 aromatic carbocycles. The number of rotatable bonds is 4. The summed E-state index contributed by atoms with van der Waals surface area (Å²) in [5.41, 5.74) is 3.95. The van der Waals surface area contributed by atoms with Gasteiger partial charge in [-0.25, -0.2) is 4.98 Å². The van der Waals surface area contributed by atoms with Gasteiger partial charge in [-0.15, -0.1) is 11.6 Å². The number of nitrogens with zero attached hydrogens (tertiary/aromatic N) is 6. The Kier molecular flexibility index (Phi) is 3.49. The predicted molar refractivity (Wildman–Crippen MR) is 82.4 cm³/mol. The zero-order valence-corrected chi connectivity index (χ0v) is 13.5. The Bertz CT molecular complexity index is 779. The number of halogens is 1. The fourth-order valence-corrected chi connectivity index (χ4v) is 2.87. The number of hydrogen-bond donors (Lipinski definition) is 0. The van der Waals surface area contributed by atoms with E-state index < -0.39 is 0 Å². The quantitative estimate of drug-likeness (QED) is 0.695. The minimum absolute atomic E-state index is 0.138. The van der Waals surface area contributed by atoms with Crippen molar-refractivity contribution < 1.29 is 0 Å². The van der Waals surface area contributed by atoms with E-state index in [-0.39, 0.29) is 5.38 Å². The molecule has 6 nitrogen and oxygen atoms in total. The van der Waals surface area contributed by atoms with Crippen LogP contribution in [0.4, 0.5) is 0 Å². The first-order valence-electron chi connectivity index (χ1n) is 6.99. The number of alkyl halides is 1. The Morgan fingerprint density at radius 1 is 1.29 bits per heavy atom. The van der Waals surface area contributed by atoms with Crippen LogP contribution in [0.15, 0.2) is 12.3 Å². The normalized spacial score (nSPS) is 13.2. The van der Waals surface area contributed by atoms with E-state index in [0.29, 0.717) is 0 Å². The molecule has 0 radical (unpaired) electrons. The van der Waals surface area contributed by atoms with Crippen molar-refractivity contribution in [3.63, 3.8) is 0 Å². The first-order valence-corrected chi connectivity index (χ1v) is 7.43. The van der Waals surface area contributed by atoms with Gasteiger partial charge >= 0.3 is 0 Å². The van der Waals surface area contributed by atoms with Crippen molar-refractivity contribution in [2.45, 2.75) is 32.2 Å². The maximum atomic E-state index is 6.29. The van der Waals surface area contributed by atoms with Crippen LogP contribution in [0.1, 0.15) is 29.5 Å². The molecule has 3 aromatic heterocycles. The van der Waals surface area contributed by atoms with Crippen LogP contribution in [-0.2, 0) is 27.1 Å². The van der Waals surface area contributed by atoms with Gasteiger partial charge in [-0.3, -0.25) is 9.36 Å². The molecule has 3 rings (SSSR count). The van der Waals surface area contributed by atoms with Crippen molar-refractivity contribution in [3.8, 4) is 0 Å². The second kappa shape index (κ2) is 5.18. The molecular formula is C14H19ClN6.